The summed E-state index contributed by atoms with van der Waals surface area (Å²) in [5.74, 6) is 0. The second kappa shape index (κ2) is 12.5. The molecule has 0 saturated carbocycles. The molecule has 2 aromatic heterocycles. The van der Waals surface area contributed by atoms with Crippen molar-refractivity contribution in [1.82, 2.24) is 0 Å². The molecule has 0 fully saturated rings. The Kier molecular flexibility index (Phi) is 6.93. The Balaban J connectivity index is 1.15. The van der Waals surface area contributed by atoms with Gasteiger partial charge in [-0.2, -0.15) is 0 Å². The van der Waals surface area contributed by atoms with Crippen molar-refractivity contribution >= 4 is 93.3 Å². The average molecular weight is 728 g/mol. The Hall–Kier alpha value is -7.62. The van der Waals surface area contributed by atoms with Crippen molar-refractivity contribution in [3.63, 3.8) is 0 Å². The molecule has 0 amide bonds. The normalized spacial score (nSPS) is 11.9. The molecule has 0 aliphatic heterocycles. The van der Waals surface area contributed by atoms with Gasteiger partial charge in [0.25, 0.3) is 0 Å². The van der Waals surface area contributed by atoms with Crippen LogP contribution in [0.4, 0.5) is 17.1 Å². The van der Waals surface area contributed by atoms with E-state index >= 15 is 0 Å². The van der Waals surface area contributed by atoms with E-state index in [2.05, 4.69) is 193 Å². The lowest BCUT2D eigenvalue weighted by Crippen LogP contribution is -2.10. The highest BCUT2D eigenvalue weighted by molar-refractivity contribution is 6.33. The lowest BCUT2D eigenvalue weighted by atomic mass is 9.94. The van der Waals surface area contributed by atoms with E-state index in [1.165, 1.54) is 26.9 Å². The van der Waals surface area contributed by atoms with Gasteiger partial charge in [0.2, 0.25) is 0 Å². The molecule has 12 rings (SSSR count). The second-order valence-corrected chi connectivity index (χ2v) is 14.8. The summed E-state index contributed by atoms with van der Waals surface area (Å²) in [6, 6.07) is 71.4. The van der Waals surface area contributed by atoms with Gasteiger partial charge in [0.1, 0.15) is 22.3 Å². The molecular weight excluding hydrogens is 695 g/mol. The second-order valence-electron chi connectivity index (χ2n) is 14.8. The number of nitrogens with zero attached hydrogens (tertiary/aromatic N) is 1. The van der Waals surface area contributed by atoms with Crippen LogP contribution in [-0.4, -0.2) is 0 Å². The molecule has 0 bridgehead atoms. The van der Waals surface area contributed by atoms with Crippen LogP contribution >= 0.6 is 0 Å². The molecule has 2 heterocycles. The standard InChI is InChI=1S/C54H33NO2/c1-2-14-35(15-3-1)41-31-32-48(51-50-45-20-8-6-17-42(45)43-18-7-9-21-46(43)54(50)57-53(41)51)55(39-30-25-34-13-4-5-16-37(34)33-39)38-28-26-36(27-29-38)40-22-12-23-47-44-19-10-11-24-49(44)56-52(40)47/h1-33H. The van der Waals surface area contributed by atoms with Crippen molar-refractivity contribution in [3.8, 4) is 22.3 Å². The fourth-order valence-corrected chi connectivity index (χ4v) is 9.02. The first kappa shape index (κ1) is 31.7. The van der Waals surface area contributed by atoms with Crippen molar-refractivity contribution in [2.45, 2.75) is 0 Å². The Bertz CT molecular complexity index is 3520. The Morgan fingerprint density at radius 1 is 0.316 bits per heavy atom. The topological polar surface area (TPSA) is 29.5 Å². The number of furan rings is 2. The van der Waals surface area contributed by atoms with Gasteiger partial charge in [-0.25, -0.2) is 0 Å². The van der Waals surface area contributed by atoms with Gasteiger partial charge >= 0.3 is 0 Å². The van der Waals surface area contributed by atoms with Gasteiger partial charge in [0.05, 0.1) is 11.1 Å². The monoisotopic (exact) mass is 727 g/mol. The van der Waals surface area contributed by atoms with Crippen molar-refractivity contribution in [3.05, 3.63) is 200 Å². The molecule has 10 aromatic carbocycles. The highest BCUT2D eigenvalue weighted by Gasteiger charge is 2.25. The number of rotatable bonds is 5. The van der Waals surface area contributed by atoms with E-state index in [1.54, 1.807) is 0 Å². The third-order valence-corrected chi connectivity index (χ3v) is 11.6. The summed E-state index contributed by atoms with van der Waals surface area (Å²) < 4.78 is 13.7. The van der Waals surface area contributed by atoms with Crippen molar-refractivity contribution in [2.24, 2.45) is 0 Å². The predicted octanol–water partition coefficient (Wildman–Crippen LogP) is 15.7. The number of hydrogen-bond donors (Lipinski definition) is 0. The smallest absolute Gasteiger partial charge is 0.145 e. The van der Waals surface area contributed by atoms with E-state index in [9.17, 15) is 0 Å². The molecule has 0 saturated heterocycles. The summed E-state index contributed by atoms with van der Waals surface area (Å²) in [5.41, 5.74) is 11.1. The van der Waals surface area contributed by atoms with Crippen molar-refractivity contribution < 1.29 is 8.83 Å². The Labute approximate surface area is 328 Å². The minimum Gasteiger partial charge on any atom is -0.455 e. The SMILES string of the molecule is c1ccc(-c2ccc(N(c3ccc(-c4cccc5c4oc4ccccc45)cc3)c3ccc4ccccc4c3)c3c2oc2c4ccccc4c4ccccc4c23)cc1. The van der Waals surface area contributed by atoms with Crippen LogP contribution in [0.2, 0.25) is 0 Å². The molecule has 0 radical (unpaired) electrons. The van der Waals surface area contributed by atoms with Gasteiger partial charge in [0, 0.05) is 44.0 Å². The van der Waals surface area contributed by atoms with Gasteiger partial charge in [-0.15, -0.1) is 0 Å². The number of benzene rings is 10. The molecule has 3 heteroatoms. The number of anilines is 3. The first-order chi connectivity index (χ1) is 28.3. The lowest BCUT2D eigenvalue weighted by molar-refractivity contribution is 0.670. The van der Waals surface area contributed by atoms with Crippen LogP contribution in [0.15, 0.2) is 209 Å². The molecular formula is C54H33NO2. The highest BCUT2D eigenvalue weighted by Crippen LogP contribution is 2.50. The summed E-state index contributed by atoms with van der Waals surface area (Å²) in [6.45, 7) is 0. The molecule has 12 aromatic rings. The van der Waals surface area contributed by atoms with Crippen LogP contribution in [0.1, 0.15) is 0 Å². The van der Waals surface area contributed by atoms with Crippen LogP contribution in [0, 0.1) is 0 Å². The number of hydrogen-bond acceptors (Lipinski definition) is 3. The summed E-state index contributed by atoms with van der Waals surface area (Å²) in [4.78, 5) is 2.40. The van der Waals surface area contributed by atoms with E-state index < -0.39 is 0 Å². The molecule has 0 N–H and O–H groups in total. The summed E-state index contributed by atoms with van der Waals surface area (Å²) in [6.07, 6.45) is 0. The third kappa shape index (κ3) is 4.86. The third-order valence-electron chi connectivity index (χ3n) is 11.6. The Morgan fingerprint density at radius 2 is 0.912 bits per heavy atom. The maximum atomic E-state index is 7.20. The lowest BCUT2D eigenvalue weighted by Gasteiger charge is -2.27. The first-order valence-electron chi connectivity index (χ1n) is 19.4. The van der Waals surface area contributed by atoms with E-state index in [0.29, 0.717) is 0 Å². The van der Waals surface area contributed by atoms with Crippen molar-refractivity contribution in [2.75, 3.05) is 4.90 Å². The van der Waals surface area contributed by atoms with Gasteiger partial charge in [-0.1, -0.05) is 158 Å². The van der Waals surface area contributed by atoms with E-state index in [1.807, 2.05) is 12.1 Å². The number of fused-ring (bicyclic) bond motifs is 12. The van der Waals surface area contributed by atoms with Gasteiger partial charge in [-0.3, -0.25) is 0 Å². The van der Waals surface area contributed by atoms with E-state index in [-0.39, 0.29) is 0 Å². The molecule has 3 nitrogen and oxygen atoms in total. The van der Waals surface area contributed by atoms with Crippen LogP contribution in [-0.2, 0) is 0 Å². The maximum absolute atomic E-state index is 7.20. The molecule has 0 aliphatic rings. The van der Waals surface area contributed by atoms with E-state index in [0.717, 1.165) is 88.6 Å². The first-order valence-corrected chi connectivity index (χ1v) is 19.4. The minimum atomic E-state index is 0.870. The largest absolute Gasteiger partial charge is 0.455 e. The minimum absolute atomic E-state index is 0.870. The Morgan fingerprint density at radius 3 is 1.74 bits per heavy atom. The molecule has 57 heavy (non-hydrogen) atoms. The van der Waals surface area contributed by atoms with Gasteiger partial charge in [0.15, 0.2) is 0 Å². The average Bonchev–Trinajstić information content (AvgIpc) is 3.88. The van der Waals surface area contributed by atoms with Gasteiger partial charge in [-0.05, 0) is 80.5 Å². The zero-order valence-corrected chi connectivity index (χ0v) is 30.8. The molecule has 0 spiro atoms. The number of para-hydroxylation sites is 2. The zero-order chi connectivity index (χ0) is 37.5. The molecule has 0 unspecified atom stereocenters. The van der Waals surface area contributed by atoms with Crippen LogP contribution in [0.3, 0.4) is 0 Å². The van der Waals surface area contributed by atoms with E-state index in [4.69, 9.17) is 8.83 Å². The van der Waals surface area contributed by atoms with Crippen LogP contribution in [0.5, 0.6) is 0 Å². The molecule has 0 atom stereocenters. The van der Waals surface area contributed by atoms with Crippen LogP contribution < -0.4 is 4.90 Å². The highest BCUT2D eigenvalue weighted by atomic mass is 16.3. The molecule has 0 aliphatic carbocycles. The maximum Gasteiger partial charge on any atom is 0.145 e. The van der Waals surface area contributed by atoms with Gasteiger partial charge < -0.3 is 13.7 Å². The summed E-state index contributed by atoms with van der Waals surface area (Å²) in [5, 5.41) is 11.5. The van der Waals surface area contributed by atoms with Crippen molar-refractivity contribution in [1.29, 1.82) is 0 Å². The van der Waals surface area contributed by atoms with Crippen LogP contribution in [0.25, 0.3) is 98.4 Å². The quantitative estimate of drug-likeness (QED) is 0.165. The fraction of sp³-hybridized carbons (Fsp3) is 0. The summed E-state index contributed by atoms with van der Waals surface area (Å²) in [7, 11) is 0. The zero-order valence-electron chi connectivity index (χ0n) is 30.8. The molecule has 266 valence electrons. The fourth-order valence-electron chi connectivity index (χ4n) is 9.02. The summed E-state index contributed by atoms with van der Waals surface area (Å²) >= 11 is 0. The predicted molar refractivity (Wildman–Crippen MR) is 239 cm³/mol.